The Labute approximate surface area is 115 Å². The van der Waals surface area contributed by atoms with Crippen molar-refractivity contribution in [3.8, 4) is 0 Å². The first-order valence-corrected chi connectivity index (χ1v) is 6.13. The molecule has 1 rings (SSSR count). The molecule has 1 atom stereocenters. The van der Waals surface area contributed by atoms with Gasteiger partial charge in [0.2, 0.25) is 11.8 Å². The number of rotatable bonds is 3. The van der Waals surface area contributed by atoms with Crippen molar-refractivity contribution in [1.82, 2.24) is 10.2 Å². The Hall–Kier alpha value is -0.810. The molecule has 18 heavy (non-hydrogen) atoms. The lowest BCUT2D eigenvalue weighted by Crippen LogP contribution is -2.50. The van der Waals surface area contributed by atoms with Crippen LogP contribution in [0, 0.1) is 11.3 Å². The highest BCUT2D eigenvalue weighted by Crippen LogP contribution is 2.23. The van der Waals surface area contributed by atoms with Gasteiger partial charge in [-0.05, 0) is 26.7 Å². The van der Waals surface area contributed by atoms with Gasteiger partial charge in [0.15, 0.2) is 0 Å². The lowest BCUT2D eigenvalue weighted by atomic mass is 9.89. The number of halogens is 1. The molecule has 0 aromatic rings. The fourth-order valence-electron chi connectivity index (χ4n) is 2.10. The van der Waals surface area contributed by atoms with E-state index in [1.807, 2.05) is 13.8 Å². The summed E-state index contributed by atoms with van der Waals surface area (Å²) in [6.45, 7) is 5.27. The average molecular weight is 278 g/mol. The van der Waals surface area contributed by atoms with E-state index < -0.39 is 5.41 Å². The molecular weight excluding hydrogens is 254 g/mol. The van der Waals surface area contributed by atoms with Crippen LogP contribution in [0.1, 0.15) is 26.7 Å². The van der Waals surface area contributed by atoms with Crippen molar-refractivity contribution in [2.45, 2.75) is 26.7 Å². The molecule has 0 aliphatic carbocycles. The first-order valence-electron chi connectivity index (χ1n) is 6.13. The third-order valence-electron chi connectivity index (χ3n) is 3.42. The first-order chi connectivity index (χ1) is 7.92. The number of nitrogens with zero attached hydrogens (tertiary/aromatic N) is 1. The molecule has 0 saturated carbocycles. The van der Waals surface area contributed by atoms with Crippen LogP contribution in [0.5, 0.6) is 0 Å². The fourth-order valence-corrected chi connectivity index (χ4v) is 2.10. The zero-order valence-electron chi connectivity index (χ0n) is 11.4. The zero-order chi connectivity index (χ0) is 13.1. The molecule has 1 fully saturated rings. The number of nitrogens with one attached hydrogen (secondary N) is 1. The van der Waals surface area contributed by atoms with Crippen LogP contribution < -0.4 is 11.1 Å². The Balaban J connectivity index is 0.00000289. The Morgan fingerprint density at radius 1 is 1.44 bits per heavy atom. The van der Waals surface area contributed by atoms with E-state index in [1.165, 1.54) is 0 Å². The lowest BCUT2D eigenvalue weighted by molar-refractivity contribution is -0.143. The van der Waals surface area contributed by atoms with Gasteiger partial charge in [-0.15, -0.1) is 12.4 Å². The topological polar surface area (TPSA) is 75.4 Å². The number of nitrogens with two attached hydrogens (primary N) is 1. The van der Waals surface area contributed by atoms with E-state index in [0.29, 0.717) is 13.1 Å². The molecule has 1 aliphatic rings. The van der Waals surface area contributed by atoms with Crippen LogP contribution in [0.2, 0.25) is 0 Å². The zero-order valence-corrected chi connectivity index (χ0v) is 12.2. The SMILES string of the molecule is CNC(=O)C1CCCN(C(=O)C(C)(C)CN)C1.Cl. The molecule has 0 bridgehead atoms. The molecule has 6 heteroatoms. The summed E-state index contributed by atoms with van der Waals surface area (Å²) in [6.07, 6.45) is 1.73. The van der Waals surface area contributed by atoms with Gasteiger partial charge in [-0.1, -0.05) is 0 Å². The standard InChI is InChI=1S/C12H23N3O2.ClH/c1-12(2,8-13)11(17)15-6-4-5-9(7-15)10(16)14-3;/h9H,4-8,13H2,1-3H3,(H,14,16);1H. The number of carbonyl (C=O) groups is 2. The molecule has 5 nitrogen and oxygen atoms in total. The third-order valence-corrected chi connectivity index (χ3v) is 3.42. The van der Waals surface area contributed by atoms with Crippen LogP contribution in [-0.2, 0) is 9.59 Å². The predicted octanol–water partition coefficient (Wildman–Crippen LogP) is 0.378. The summed E-state index contributed by atoms with van der Waals surface area (Å²) in [5.74, 6) is -0.00654. The maximum Gasteiger partial charge on any atom is 0.229 e. The first kappa shape index (κ1) is 17.2. The third kappa shape index (κ3) is 3.85. The van der Waals surface area contributed by atoms with E-state index >= 15 is 0 Å². The second-order valence-corrected chi connectivity index (χ2v) is 5.29. The van der Waals surface area contributed by atoms with Crippen LogP contribution >= 0.6 is 12.4 Å². The van der Waals surface area contributed by atoms with Crippen molar-refractivity contribution in [3.63, 3.8) is 0 Å². The quantitative estimate of drug-likeness (QED) is 0.783. The molecule has 2 amide bonds. The highest BCUT2D eigenvalue weighted by atomic mass is 35.5. The highest BCUT2D eigenvalue weighted by Gasteiger charge is 2.34. The number of piperidine rings is 1. The largest absolute Gasteiger partial charge is 0.359 e. The van der Waals surface area contributed by atoms with Crippen molar-refractivity contribution >= 4 is 24.2 Å². The van der Waals surface area contributed by atoms with Gasteiger partial charge >= 0.3 is 0 Å². The minimum absolute atomic E-state index is 0. The highest BCUT2D eigenvalue weighted by molar-refractivity contribution is 5.85. The Kier molecular flexibility index (Phi) is 6.63. The average Bonchev–Trinajstić information content (AvgIpc) is 2.36. The number of hydrogen-bond acceptors (Lipinski definition) is 3. The van der Waals surface area contributed by atoms with Crippen LogP contribution in [0.15, 0.2) is 0 Å². The Morgan fingerprint density at radius 3 is 2.56 bits per heavy atom. The maximum atomic E-state index is 12.2. The Morgan fingerprint density at radius 2 is 2.06 bits per heavy atom. The molecule has 1 aliphatic heterocycles. The lowest BCUT2D eigenvalue weighted by Gasteiger charge is -2.36. The van der Waals surface area contributed by atoms with Gasteiger partial charge < -0.3 is 16.0 Å². The van der Waals surface area contributed by atoms with Crippen molar-refractivity contribution < 1.29 is 9.59 Å². The van der Waals surface area contributed by atoms with E-state index in [-0.39, 0.29) is 30.1 Å². The van der Waals surface area contributed by atoms with Gasteiger partial charge in [0, 0.05) is 26.7 Å². The molecular formula is C12H24ClN3O2. The molecule has 1 unspecified atom stereocenters. The van der Waals surface area contributed by atoms with Crippen molar-refractivity contribution in [3.05, 3.63) is 0 Å². The number of carbonyl (C=O) groups excluding carboxylic acids is 2. The van der Waals surface area contributed by atoms with Crippen LogP contribution in [0.3, 0.4) is 0 Å². The van der Waals surface area contributed by atoms with Crippen LogP contribution in [0.25, 0.3) is 0 Å². The van der Waals surface area contributed by atoms with Crippen molar-refractivity contribution in [2.24, 2.45) is 17.1 Å². The molecule has 1 saturated heterocycles. The molecule has 3 N–H and O–H groups in total. The summed E-state index contributed by atoms with van der Waals surface area (Å²) in [5, 5.41) is 2.65. The van der Waals surface area contributed by atoms with Crippen molar-refractivity contribution in [2.75, 3.05) is 26.7 Å². The van der Waals surface area contributed by atoms with Gasteiger partial charge in [-0.3, -0.25) is 9.59 Å². The molecule has 0 aromatic heterocycles. The predicted molar refractivity (Wildman–Crippen MR) is 73.5 cm³/mol. The normalized spacial score (nSPS) is 20.0. The summed E-state index contributed by atoms with van der Waals surface area (Å²) < 4.78 is 0. The summed E-state index contributed by atoms with van der Waals surface area (Å²) in [7, 11) is 1.63. The summed E-state index contributed by atoms with van der Waals surface area (Å²) >= 11 is 0. The molecule has 106 valence electrons. The van der Waals surface area contributed by atoms with Gasteiger partial charge in [0.05, 0.1) is 11.3 Å². The van der Waals surface area contributed by atoms with E-state index in [1.54, 1.807) is 11.9 Å². The fraction of sp³-hybridized carbons (Fsp3) is 0.833. The molecule has 0 radical (unpaired) electrons. The second kappa shape index (κ2) is 6.95. The second-order valence-electron chi connectivity index (χ2n) is 5.29. The summed E-state index contributed by atoms with van der Waals surface area (Å²) in [6, 6.07) is 0. The van der Waals surface area contributed by atoms with Crippen molar-refractivity contribution in [1.29, 1.82) is 0 Å². The number of amides is 2. The van der Waals surface area contributed by atoms with Gasteiger partial charge in [-0.25, -0.2) is 0 Å². The van der Waals surface area contributed by atoms with E-state index in [4.69, 9.17) is 5.73 Å². The molecule has 0 spiro atoms. The van der Waals surface area contributed by atoms with E-state index in [0.717, 1.165) is 19.4 Å². The summed E-state index contributed by atoms with van der Waals surface area (Å²) in [5.41, 5.74) is 5.07. The van der Waals surface area contributed by atoms with E-state index in [2.05, 4.69) is 5.32 Å². The van der Waals surface area contributed by atoms with Crippen LogP contribution in [0.4, 0.5) is 0 Å². The molecule has 0 aromatic carbocycles. The summed E-state index contributed by atoms with van der Waals surface area (Å²) in [4.78, 5) is 25.6. The van der Waals surface area contributed by atoms with Crippen LogP contribution in [-0.4, -0.2) is 43.4 Å². The minimum atomic E-state index is -0.537. The number of hydrogen-bond donors (Lipinski definition) is 2. The monoisotopic (exact) mass is 277 g/mol. The molecule has 1 heterocycles. The van der Waals surface area contributed by atoms with Gasteiger partial charge in [0.25, 0.3) is 0 Å². The smallest absolute Gasteiger partial charge is 0.229 e. The van der Waals surface area contributed by atoms with E-state index in [9.17, 15) is 9.59 Å². The minimum Gasteiger partial charge on any atom is -0.359 e. The number of likely N-dealkylation sites (tertiary alicyclic amines) is 1. The maximum absolute atomic E-state index is 12.2. The van der Waals surface area contributed by atoms with Gasteiger partial charge in [0.1, 0.15) is 0 Å². The Bertz CT molecular complexity index is 308. The van der Waals surface area contributed by atoms with Gasteiger partial charge in [-0.2, -0.15) is 0 Å².